The fourth-order valence-corrected chi connectivity index (χ4v) is 3.27. The highest BCUT2D eigenvalue weighted by molar-refractivity contribution is 6.05. The predicted octanol–water partition coefficient (Wildman–Crippen LogP) is 3.71. The summed E-state index contributed by atoms with van der Waals surface area (Å²) in [5.74, 6) is 0.0969. The molecule has 0 radical (unpaired) electrons. The Kier molecular flexibility index (Phi) is 7.65. The van der Waals surface area contributed by atoms with Gasteiger partial charge in [0.15, 0.2) is 6.61 Å². The zero-order chi connectivity index (χ0) is 23.1. The second kappa shape index (κ2) is 10.6. The van der Waals surface area contributed by atoms with E-state index in [2.05, 4.69) is 24.5 Å². The first-order chi connectivity index (χ1) is 15.4. The first-order valence-corrected chi connectivity index (χ1v) is 10.8. The number of amides is 3. The van der Waals surface area contributed by atoms with Crippen molar-refractivity contribution in [3.05, 3.63) is 59.7 Å². The van der Waals surface area contributed by atoms with Gasteiger partial charge in [-0.25, -0.2) is 0 Å². The SMILES string of the molecule is CCCNC(=O)CN1C(=O)COc2ccc(NC(=O)/C=C/c3ccc(C(C)C)cc3)cc21. The van der Waals surface area contributed by atoms with Gasteiger partial charge in [0.25, 0.3) is 5.91 Å². The van der Waals surface area contributed by atoms with E-state index in [9.17, 15) is 14.4 Å². The lowest BCUT2D eigenvalue weighted by Crippen LogP contribution is -2.45. The van der Waals surface area contributed by atoms with E-state index in [0.29, 0.717) is 29.6 Å². The molecule has 7 nitrogen and oxygen atoms in total. The lowest BCUT2D eigenvalue weighted by atomic mass is 10.0. The van der Waals surface area contributed by atoms with Gasteiger partial charge < -0.3 is 15.4 Å². The summed E-state index contributed by atoms with van der Waals surface area (Å²) in [5.41, 5.74) is 3.13. The summed E-state index contributed by atoms with van der Waals surface area (Å²) >= 11 is 0. The van der Waals surface area contributed by atoms with Crippen molar-refractivity contribution in [2.24, 2.45) is 0 Å². The Morgan fingerprint density at radius 2 is 1.91 bits per heavy atom. The maximum atomic E-state index is 12.4. The van der Waals surface area contributed by atoms with Crippen LogP contribution >= 0.6 is 0 Å². The second-order valence-corrected chi connectivity index (χ2v) is 7.94. The van der Waals surface area contributed by atoms with Gasteiger partial charge in [0.2, 0.25) is 11.8 Å². The third-order valence-electron chi connectivity index (χ3n) is 5.07. The molecule has 0 saturated carbocycles. The van der Waals surface area contributed by atoms with Gasteiger partial charge >= 0.3 is 0 Å². The Morgan fingerprint density at radius 3 is 2.59 bits per heavy atom. The fourth-order valence-electron chi connectivity index (χ4n) is 3.27. The minimum atomic E-state index is -0.308. The third-order valence-corrected chi connectivity index (χ3v) is 5.07. The molecule has 3 amide bonds. The summed E-state index contributed by atoms with van der Waals surface area (Å²) in [7, 11) is 0. The molecule has 7 heteroatoms. The molecule has 0 fully saturated rings. The van der Waals surface area contributed by atoms with Crippen LogP contribution in [0, 0.1) is 0 Å². The highest BCUT2D eigenvalue weighted by Gasteiger charge is 2.27. The molecule has 1 aliphatic rings. The summed E-state index contributed by atoms with van der Waals surface area (Å²) in [6.07, 6.45) is 4.02. The maximum Gasteiger partial charge on any atom is 0.265 e. The molecule has 32 heavy (non-hydrogen) atoms. The van der Waals surface area contributed by atoms with Crippen molar-refractivity contribution in [1.82, 2.24) is 5.32 Å². The lowest BCUT2D eigenvalue weighted by molar-refractivity contribution is -0.125. The summed E-state index contributed by atoms with van der Waals surface area (Å²) in [6, 6.07) is 13.1. The molecule has 0 spiro atoms. The molecule has 168 valence electrons. The Bertz CT molecular complexity index is 1010. The van der Waals surface area contributed by atoms with E-state index in [4.69, 9.17) is 4.74 Å². The van der Waals surface area contributed by atoms with Crippen molar-refractivity contribution >= 4 is 35.2 Å². The summed E-state index contributed by atoms with van der Waals surface area (Å²) in [6.45, 7) is 6.55. The Hall–Kier alpha value is -3.61. The monoisotopic (exact) mass is 435 g/mol. The molecular weight excluding hydrogens is 406 g/mol. The van der Waals surface area contributed by atoms with Crippen LogP contribution in [0.5, 0.6) is 5.75 Å². The van der Waals surface area contributed by atoms with E-state index in [1.165, 1.54) is 16.5 Å². The third kappa shape index (κ3) is 5.97. The first kappa shape index (κ1) is 23.1. The zero-order valence-electron chi connectivity index (χ0n) is 18.7. The van der Waals surface area contributed by atoms with Crippen LogP contribution in [-0.4, -0.2) is 37.4 Å². The van der Waals surface area contributed by atoms with Gasteiger partial charge in [-0.1, -0.05) is 45.0 Å². The molecule has 0 bridgehead atoms. The molecule has 1 aliphatic heterocycles. The minimum Gasteiger partial charge on any atom is -0.482 e. The lowest BCUT2D eigenvalue weighted by Gasteiger charge is -2.29. The number of benzene rings is 2. The molecular formula is C25H29N3O4. The average molecular weight is 436 g/mol. The van der Waals surface area contributed by atoms with Crippen molar-refractivity contribution in [1.29, 1.82) is 0 Å². The smallest absolute Gasteiger partial charge is 0.265 e. The van der Waals surface area contributed by atoms with Gasteiger partial charge in [-0.15, -0.1) is 0 Å². The molecule has 0 atom stereocenters. The van der Waals surface area contributed by atoms with Gasteiger partial charge in [0.05, 0.1) is 5.69 Å². The topological polar surface area (TPSA) is 87.7 Å². The quantitative estimate of drug-likeness (QED) is 0.619. The highest BCUT2D eigenvalue weighted by Crippen LogP contribution is 2.34. The van der Waals surface area contributed by atoms with E-state index >= 15 is 0 Å². The summed E-state index contributed by atoms with van der Waals surface area (Å²) in [4.78, 5) is 38.3. The van der Waals surface area contributed by atoms with Crippen molar-refractivity contribution in [3.8, 4) is 5.75 Å². The molecule has 0 unspecified atom stereocenters. The van der Waals surface area contributed by atoms with Gasteiger partial charge in [0, 0.05) is 18.3 Å². The van der Waals surface area contributed by atoms with Crippen molar-refractivity contribution < 1.29 is 19.1 Å². The van der Waals surface area contributed by atoms with Gasteiger partial charge in [0.1, 0.15) is 12.3 Å². The molecule has 0 aliphatic carbocycles. The Morgan fingerprint density at radius 1 is 1.16 bits per heavy atom. The number of hydrogen-bond acceptors (Lipinski definition) is 4. The highest BCUT2D eigenvalue weighted by atomic mass is 16.5. The van der Waals surface area contributed by atoms with Crippen LogP contribution in [0.4, 0.5) is 11.4 Å². The Labute approximate surface area is 188 Å². The maximum absolute atomic E-state index is 12.4. The number of anilines is 2. The van der Waals surface area contributed by atoms with E-state index in [1.54, 1.807) is 24.3 Å². The molecule has 2 N–H and O–H groups in total. The number of carbonyl (C=O) groups is 3. The van der Waals surface area contributed by atoms with E-state index in [1.807, 2.05) is 31.2 Å². The molecule has 0 saturated heterocycles. The number of ether oxygens (including phenoxy) is 1. The van der Waals surface area contributed by atoms with E-state index < -0.39 is 0 Å². The van der Waals surface area contributed by atoms with Crippen LogP contribution in [0.15, 0.2) is 48.5 Å². The summed E-state index contributed by atoms with van der Waals surface area (Å²) < 4.78 is 5.47. The number of hydrogen-bond donors (Lipinski definition) is 2. The van der Waals surface area contributed by atoms with Crippen molar-refractivity contribution in [2.45, 2.75) is 33.1 Å². The van der Waals surface area contributed by atoms with Gasteiger partial charge in [-0.2, -0.15) is 0 Å². The standard InChI is InChI=1S/C25H29N3O4/c1-4-13-26-24(30)15-28-21-14-20(10-11-22(21)32-16-25(28)31)27-23(29)12-7-18-5-8-19(9-6-18)17(2)3/h5-12,14,17H,4,13,15-16H2,1-3H3,(H,26,30)(H,27,29)/b12-7+. The zero-order valence-corrected chi connectivity index (χ0v) is 18.7. The number of rotatable bonds is 8. The largest absolute Gasteiger partial charge is 0.482 e. The first-order valence-electron chi connectivity index (χ1n) is 10.8. The molecule has 2 aromatic rings. The molecule has 1 heterocycles. The number of fused-ring (bicyclic) bond motifs is 1. The van der Waals surface area contributed by atoms with Crippen molar-refractivity contribution in [2.75, 3.05) is 29.9 Å². The number of nitrogens with zero attached hydrogens (tertiary/aromatic N) is 1. The van der Waals surface area contributed by atoms with Crippen LogP contribution in [-0.2, 0) is 14.4 Å². The van der Waals surface area contributed by atoms with Crippen LogP contribution in [0.2, 0.25) is 0 Å². The van der Waals surface area contributed by atoms with Gasteiger partial charge in [-0.05, 0) is 47.7 Å². The average Bonchev–Trinajstić information content (AvgIpc) is 2.78. The number of carbonyl (C=O) groups excluding carboxylic acids is 3. The van der Waals surface area contributed by atoms with Crippen LogP contribution in [0.1, 0.15) is 44.2 Å². The normalized spacial score (nSPS) is 13.1. The van der Waals surface area contributed by atoms with Crippen LogP contribution < -0.4 is 20.3 Å². The molecule has 0 aromatic heterocycles. The van der Waals surface area contributed by atoms with E-state index in [-0.39, 0.29) is 30.9 Å². The fraction of sp³-hybridized carbons (Fsp3) is 0.320. The van der Waals surface area contributed by atoms with Gasteiger partial charge in [-0.3, -0.25) is 19.3 Å². The minimum absolute atomic E-state index is 0.0983. The predicted molar refractivity (Wildman–Crippen MR) is 126 cm³/mol. The van der Waals surface area contributed by atoms with Crippen molar-refractivity contribution in [3.63, 3.8) is 0 Å². The molecule has 3 rings (SSSR count). The second-order valence-electron chi connectivity index (χ2n) is 7.94. The van der Waals surface area contributed by atoms with Crippen LogP contribution in [0.3, 0.4) is 0 Å². The van der Waals surface area contributed by atoms with E-state index in [0.717, 1.165) is 12.0 Å². The van der Waals surface area contributed by atoms with Crippen LogP contribution in [0.25, 0.3) is 6.08 Å². The Balaban J connectivity index is 1.69. The summed E-state index contributed by atoms with van der Waals surface area (Å²) in [5, 5.41) is 5.56. The number of nitrogens with one attached hydrogen (secondary N) is 2. The molecule has 2 aromatic carbocycles.